The number of ether oxygens (including phenoxy) is 1. The molecule has 4 heteroatoms. The highest BCUT2D eigenvalue weighted by Crippen LogP contribution is 2.25. The lowest BCUT2D eigenvalue weighted by molar-refractivity contribution is 0.208. The van der Waals surface area contributed by atoms with Gasteiger partial charge in [0.25, 0.3) is 0 Å². The standard InChI is InChI=1S/C14H14FNO2/c1-9-6-7-11(15)10(8-9)14(17)12-4-3-5-13(16-12)18-2/h3-8,14,17H,1-2H3. The number of aryl methyl sites for hydroxylation is 1. The quantitative estimate of drug-likeness (QED) is 0.906. The molecule has 1 aromatic heterocycles. The van der Waals surface area contributed by atoms with E-state index in [-0.39, 0.29) is 5.56 Å². The van der Waals surface area contributed by atoms with Crippen molar-refractivity contribution >= 4 is 0 Å². The highest BCUT2D eigenvalue weighted by molar-refractivity contribution is 5.31. The van der Waals surface area contributed by atoms with Gasteiger partial charge in [0.2, 0.25) is 5.88 Å². The Morgan fingerprint density at radius 2 is 2.06 bits per heavy atom. The lowest BCUT2D eigenvalue weighted by Gasteiger charge is -2.13. The molecule has 1 heterocycles. The number of aliphatic hydroxyl groups excluding tert-OH is 1. The maximum absolute atomic E-state index is 13.7. The van der Waals surface area contributed by atoms with Gasteiger partial charge in [0.1, 0.15) is 11.9 Å². The van der Waals surface area contributed by atoms with Gasteiger partial charge < -0.3 is 9.84 Å². The van der Waals surface area contributed by atoms with E-state index in [1.807, 2.05) is 6.92 Å². The van der Waals surface area contributed by atoms with E-state index in [0.29, 0.717) is 11.6 Å². The number of pyridine rings is 1. The van der Waals surface area contributed by atoms with Crippen molar-refractivity contribution in [2.24, 2.45) is 0 Å². The highest BCUT2D eigenvalue weighted by Gasteiger charge is 2.16. The number of methoxy groups -OCH3 is 1. The second-order valence-corrected chi connectivity index (χ2v) is 4.03. The first-order valence-corrected chi connectivity index (χ1v) is 5.57. The Hall–Kier alpha value is -1.94. The number of aromatic nitrogens is 1. The minimum atomic E-state index is -1.10. The van der Waals surface area contributed by atoms with Gasteiger partial charge in [-0.25, -0.2) is 9.37 Å². The molecule has 0 saturated heterocycles. The third-order valence-corrected chi connectivity index (χ3v) is 2.68. The van der Waals surface area contributed by atoms with Gasteiger partial charge in [-0.15, -0.1) is 0 Å². The Labute approximate surface area is 105 Å². The fraction of sp³-hybridized carbons (Fsp3) is 0.214. The van der Waals surface area contributed by atoms with E-state index in [2.05, 4.69) is 4.98 Å². The van der Waals surface area contributed by atoms with Crippen LogP contribution in [0.2, 0.25) is 0 Å². The number of hydrogen-bond donors (Lipinski definition) is 1. The van der Waals surface area contributed by atoms with Crippen LogP contribution in [0, 0.1) is 12.7 Å². The van der Waals surface area contributed by atoms with Crippen molar-refractivity contribution in [2.45, 2.75) is 13.0 Å². The normalized spacial score (nSPS) is 12.2. The third-order valence-electron chi connectivity index (χ3n) is 2.68. The molecule has 0 aliphatic rings. The third kappa shape index (κ3) is 2.49. The molecule has 1 unspecified atom stereocenters. The first kappa shape index (κ1) is 12.5. The van der Waals surface area contributed by atoms with E-state index in [1.165, 1.54) is 13.2 Å². The minimum Gasteiger partial charge on any atom is -0.481 e. The van der Waals surface area contributed by atoms with Crippen LogP contribution in [0.25, 0.3) is 0 Å². The SMILES string of the molecule is COc1cccc(C(O)c2cc(C)ccc2F)n1. The molecule has 0 aliphatic heterocycles. The van der Waals surface area contributed by atoms with Crippen molar-refractivity contribution in [3.63, 3.8) is 0 Å². The summed E-state index contributed by atoms with van der Waals surface area (Å²) in [6.45, 7) is 1.84. The zero-order valence-corrected chi connectivity index (χ0v) is 10.2. The number of halogens is 1. The number of rotatable bonds is 3. The Morgan fingerprint density at radius 3 is 2.78 bits per heavy atom. The second-order valence-electron chi connectivity index (χ2n) is 4.03. The van der Waals surface area contributed by atoms with Gasteiger partial charge in [0, 0.05) is 11.6 Å². The molecule has 3 nitrogen and oxygen atoms in total. The molecule has 0 radical (unpaired) electrons. The van der Waals surface area contributed by atoms with E-state index in [9.17, 15) is 9.50 Å². The molecular weight excluding hydrogens is 233 g/mol. The second kappa shape index (κ2) is 5.14. The molecule has 0 spiro atoms. The van der Waals surface area contributed by atoms with Gasteiger partial charge in [-0.1, -0.05) is 23.8 Å². The molecule has 1 atom stereocenters. The summed E-state index contributed by atoms with van der Waals surface area (Å²) in [6, 6.07) is 9.62. The van der Waals surface area contributed by atoms with E-state index in [0.717, 1.165) is 5.56 Å². The van der Waals surface area contributed by atoms with Gasteiger partial charge >= 0.3 is 0 Å². The first-order chi connectivity index (χ1) is 8.61. The Bertz CT molecular complexity index is 557. The Morgan fingerprint density at radius 1 is 1.28 bits per heavy atom. The van der Waals surface area contributed by atoms with Gasteiger partial charge in [0.15, 0.2) is 0 Å². The zero-order chi connectivity index (χ0) is 13.1. The average Bonchev–Trinajstić information content (AvgIpc) is 2.41. The van der Waals surface area contributed by atoms with Crippen LogP contribution < -0.4 is 4.74 Å². The van der Waals surface area contributed by atoms with Crippen molar-refractivity contribution in [3.05, 3.63) is 59.0 Å². The molecule has 0 amide bonds. The Balaban J connectivity index is 2.40. The topological polar surface area (TPSA) is 42.4 Å². The number of hydrogen-bond acceptors (Lipinski definition) is 3. The molecule has 1 N–H and O–H groups in total. The van der Waals surface area contributed by atoms with Crippen molar-refractivity contribution in [1.29, 1.82) is 0 Å². The van der Waals surface area contributed by atoms with Gasteiger partial charge in [-0.05, 0) is 19.1 Å². The fourth-order valence-electron chi connectivity index (χ4n) is 1.73. The highest BCUT2D eigenvalue weighted by atomic mass is 19.1. The lowest BCUT2D eigenvalue weighted by Crippen LogP contribution is -2.05. The maximum Gasteiger partial charge on any atom is 0.213 e. The van der Waals surface area contributed by atoms with Crippen LogP contribution in [0.15, 0.2) is 36.4 Å². The van der Waals surface area contributed by atoms with Crippen LogP contribution in [-0.4, -0.2) is 17.2 Å². The Kier molecular flexibility index (Phi) is 3.58. The van der Waals surface area contributed by atoms with Crippen molar-refractivity contribution in [3.8, 4) is 5.88 Å². The predicted octanol–water partition coefficient (Wildman–Crippen LogP) is 2.62. The molecule has 94 valence electrons. The summed E-state index contributed by atoms with van der Waals surface area (Å²) in [5.41, 5.74) is 1.46. The summed E-state index contributed by atoms with van der Waals surface area (Å²) < 4.78 is 18.6. The van der Waals surface area contributed by atoms with Crippen molar-refractivity contribution in [2.75, 3.05) is 7.11 Å². The summed E-state index contributed by atoms with van der Waals surface area (Å²) in [4.78, 5) is 4.10. The molecule has 0 bridgehead atoms. The summed E-state index contributed by atoms with van der Waals surface area (Å²) in [5.74, 6) is -0.0580. The monoisotopic (exact) mass is 247 g/mol. The van der Waals surface area contributed by atoms with E-state index in [4.69, 9.17) is 4.74 Å². The van der Waals surface area contributed by atoms with Gasteiger partial charge in [-0.3, -0.25) is 0 Å². The van der Waals surface area contributed by atoms with Gasteiger partial charge in [0.05, 0.1) is 12.8 Å². The van der Waals surface area contributed by atoms with E-state index < -0.39 is 11.9 Å². The molecular formula is C14H14FNO2. The van der Waals surface area contributed by atoms with Crippen LogP contribution in [-0.2, 0) is 0 Å². The largest absolute Gasteiger partial charge is 0.481 e. The molecule has 18 heavy (non-hydrogen) atoms. The molecule has 0 fully saturated rings. The predicted molar refractivity (Wildman–Crippen MR) is 66.0 cm³/mol. The molecule has 1 aromatic carbocycles. The van der Waals surface area contributed by atoms with Crippen LogP contribution in [0.5, 0.6) is 5.88 Å². The number of nitrogens with zero attached hydrogens (tertiary/aromatic N) is 1. The van der Waals surface area contributed by atoms with Crippen LogP contribution >= 0.6 is 0 Å². The van der Waals surface area contributed by atoms with Crippen molar-refractivity contribution in [1.82, 2.24) is 4.98 Å². The van der Waals surface area contributed by atoms with E-state index >= 15 is 0 Å². The number of benzene rings is 1. The minimum absolute atomic E-state index is 0.218. The lowest BCUT2D eigenvalue weighted by atomic mass is 10.0. The zero-order valence-electron chi connectivity index (χ0n) is 10.2. The summed E-state index contributed by atoms with van der Waals surface area (Å²) in [5, 5.41) is 10.2. The number of aliphatic hydroxyl groups is 1. The fourth-order valence-corrected chi connectivity index (χ4v) is 1.73. The van der Waals surface area contributed by atoms with Crippen LogP contribution in [0.1, 0.15) is 22.9 Å². The summed E-state index contributed by atoms with van der Waals surface area (Å²) in [7, 11) is 1.49. The van der Waals surface area contributed by atoms with Crippen molar-refractivity contribution < 1.29 is 14.2 Å². The van der Waals surface area contributed by atoms with Crippen LogP contribution in [0.4, 0.5) is 4.39 Å². The first-order valence-electron chi connectivity index (χ1n) is 5.57. The smallest absolute Gasteiger partial charge is 0.213 e. The molecule has 2 rings (SSSR count). The average molecular weight is 247 g/mol. The molecule has 0 saturated carbocycles. The van der Waals surface area contributed by atoms with Crippen LogP contribution in [0.3, 0.4) is 0 Å². The maximum atomic E-state index is 13.7. The molecule has 2 aromatic rings. The van der Waals surface area contributed by atoms with Gasteiger partial charge in [-0.2, -0.15) is 0 Å². The molecule has 0 aliphatic carbocycles. The van der Waals surface area contributed by atoms with E-state index in [1.54, 1.807) is 30.3 Å². The summed E-state index contributed by atoms with van der Waals surface area (Å²) >= 11 is 0. The summed E-state index contributed by atoms with van der Waals surface area (Å²) in [6.07, 6.45) is -1.10.